The zero-order valence-corrected chi connectivity index (χ0v) is 16.9. The molecule has 150 valence electrons. The molecule has 3 rings (SSSR count). The third-order valence-electron chi connectivity index (χ3n) is 5.74. The number of methoxy groups -OCH3 is 1. The number of rotatable bonds is 5. The van der Waals surface area contributed by atoms with E-state index >= 15 is 0 Å². The fourth-order valence-electron chi connectivity index (χ4n) is 4.58. The van der Waals surface area contributed by atoms with E-state index < -0.39 is 12.0 Å². The lowest BCUT2D eigenvalue weighted by molar-refractivity contribution is -0.144. The summed E-state index contributed by atoms with van der Waals surface area (Å²) in [5.41, 5.74) is 1.79. The molecule has 0 bridgehead atoms. The van der Waals surface area contributed by atoms with Crippen molar-refractivity contribution in [2.75, 3.05) is 33.3 Å². The van der Waals surface area contributed by atoms with Crippen molar-refractivity contribution in [3.63, 3.8) is 0 Å². The van der Waals surface area contributed by atoms with E-state index in [1.54, 1.807) is 7.11 Å². The predicted octanol–water partition coefficient (Wildman–Crippen LogP) is 2.70. The van der Waals surface area contributed by atoms with E-state index in [0.717, 1.165) is 50.1 Å². The molecule has 2 heterocycles. The van der Waals surface area contributed by atoms with Crippen LogP contribution in [0.5, 0.6) is 5.75 Å². The molecule has 2 aliphatic rings. The Balaban J connectivity index is 1.71. The molecule has 1 aromatic carbocycles. The van der Waals surface area contributed by atoms with E-state index in [0.29, 0.717) is 11.8 Å². The van der Waals surface area contributed by atoms with Gasteiger partial charge in [-0.1, -0.05) is 17.7 Å². The molecular formula is C21H32N2O4. The van der Waals surface area contributed by atoms with Gasteiger partial charge in [0.2, 0.25) is 0 Å². The largest absolute Gasteiger partial charge is 0.496 e. The van der Waals surface area contributed by atoms with Gasteiger partial charge in [0.25, 0.3) is 0 Å². The second-order valence-corrected chi connectivity index (χ2v) is 7.96. The molecule has 3 atom stereocenters. The highest BCUT2D eigenvalue weighted by Crippen LogP contribution is 2.33. The fraction of sp³-hybridized carbons (Fsp3) is 0.667. The summed E-state index contributed by atoms with van der Waals surface area (Å²) >= 11 is 0. The second kappa shape index (κ2) is 8.59. The molecular weight excluding hydrogens is 344 g/mol. The van der Waals surface area contributed by atoms with E-state index in [-0.39, 0.29) is 12.2 Å². The summed E-state index contributed by atoms with van der Waals surface area (Å²) in [6, 6.07) is 5.60. The van der Waals surface area contributed by atoms with Crippen LogP contribution in [-0.4, -0.2) is 72.4 Å². The number of nitrogens with zero attached hydrogens (tertiary/aromatic N) is 2. The minimum absolute atomic E-state index is 0.259. The fourth-order valence-corrected chi connectivity index (χ4v) is 4.58. The summed E-state index contributed by atoms with van der Waals surface area (Å²) in [6.45, 7) is 9.71. The molecule has 0 spiro atoms. The Morgan fingerprint density at radius 3 is 2.41 bits per heavy atom. The van der Waals surface area contributed by atoms with Gasteiger partial charge in [-0.05, 0) is 39.7 Å². The maximum atomic E-state index is 12.1. The maximum absolute atomic E-state index is 12.1. The summed E-state index contributed by atoms with van der Waals surface area (Å²) in [5.74, 6) is -0.170. The molecule has 27 heavy (non-hydrogen) atoms. The molecule has 2 fully saturated rings. The number of morpholine rings is 1. The number of carboxylic acids is 1. The number of piperidine rings is 1. The molecule has 1 aromatic rings. The predicted molar refractivity (Wildman–Crippen MR) is 104 cm³/mol. The van der Waals surface area contributed by atoms with Crippen LogP contribution < -0.4 is 4.74 Å². The van der Waals surface area contributed by atoms with E-state index in [9.17, 15) is 9.90 Å². The average molecular weight is 376 g/mol. The first-order chi connectivity index (χ1) is 12.9. The van der Waals surface area contributed by atoms with Crippen LogP contribution in [0.4, 0.5) is 0 Å². The number of likely N-dealkylation sites (tertiary alicyclic amines) is 1. The number of benzene rings is 1. The standard InChI is InChI=1S/C21H32N2O4/c1-14-5-6-19(26-4)18(11-14)20(21(24)25)22-9-7-17(8-10-22)23-12-15(2)27-16(3)13-23/h5-6,11,15-17,20H,7-10,12-13H2,1-4H3,(H,24,25)/t15-,16+,20?. The van der Waals surface area contributed by atoms with Gasteiger partial charge < -0.3 is 14.6 Å². The molecule has 2 saturated heterocycles. The number of carbonyl (C=O) groups is 1. The monoisotopic (exact) mass is 376 g/mol. The minimum atomic E-state index is -0.814. The third-order valence-corrected chi connectivity index (χ3v) is 5.74. The lowest BCUT2D eigenvalue weighted by Crippen LogP contribution is -2.53. The van der Waals surface area contributed by atoms with Crippen LogP contribution in [0.2, 0.25) is 0 Å². The molecule has 0 aromatic heterocycles. The van der Waals surface area contributed by atoms with Crippen molar-refractivity contribution in [1.29, 1.82) is 0 Å². The second-order valence-electron chi connectivity index (χ2n) is 7.96. The lowest BCUT2D eigenvalue weighted by Gasteiger charge is -2.44. The Kier molecular flexibility index (Phi) is 6.40. The van der Waals surface area contributed by atoms with Crippen molar-refractivity contribution >= 4 is 5.97 Å². The Bertz CT molecular complexity index is 648. The van der Waals surface area contributed by atoms with Gasteiger partial charge in [0.05, 0.1) is 19.3 Å². The van der Waals surface area contributed by atoms with E-state index in [1.807, 2.05) is 25.1 Å². The smallest absolute Gasteiger partial charge is 0.325 e. The van der Waals surface area contributed by atoms with Crippen LogP contribution >= 0.6 is 0 Å². The zero-order chi connectivity index (χ0) is 19.6. The number of hydrogen-bond donors (Lipinski definition) is 1. The Morgan fingerprint density at radius 2 is 1.85 bits per heavy atom. The van der Waals surface area contributed by atoms with Crippen LogP contribution in [0.1, 0.15) is 43.9 Å². The van der Waals surface area contributed by atoms with Crippen LogP contribution in [0, 0.1) is 6.92 Å². The Morgan fingerprint density at radius 1 is 1.22 bits per heavy atom. The highest BCUT2D eigenvalue weighted by atomic mass is 16.5. The normalized spacial score (nSPS) is 26.7. The van der Waals surface area contributed by atoms with Crippen molar-refractivity contribution in [3.8, 4) is 5.75 Å². The molecule has 1 N–H and O–H groups in total. The average Bonchev–Trinajstić information content (AvgIpc) is 2.61. The minimum Gasteiger partial charge on any atom is -0.496 e. The molecule has 6 nitrogen and oxygen atoms in total. The van der Waals surface area contributed by atoms with Crippen molar-refractivity contribution in [2.45, 2.75) is 57.9 Å². The molecule has 6 heteroatoms. The van der Waals surface area contributed by atoms with Gasteiger partial charge in [0, 0.05) is 37.8 Å². The van der Waals surface area contributed by atoms with Gasteiger partial charge in [-0.2, -0.15) is 0 Å². The van der Waals surface area contributed by atoms with Gasteiger partial charge in [0.1, 0.15) is 11.8 Å². The van der Waals surface area contributed by atoms with Gasteiger partial charge >= 0.3 is 5.97 Å². The summed E-state index contributed by atoms with van der Waals surface area (Å²) in [6.07, 6.45) is 2.49. The van der Waals surface area contributed by atoms with E-state index in [4.69, 9.17) is 9.47 Å². The molecule has 1 unspecified atom stereocenters. The summed E-state index contributed by atoms with van der Waals surface area (Å²) in [5, 5.41) is 9.95. The zero-order valence-electron chi connectivity index (χ0n) is 16.9. The first-order valence-corrected chi connectivity index (χ1v) is 9.90. The molecule has 0 saturated carbocycles. The summed E-state index contributed by atoms with van der Waals surface area (Å²) in [7, 11) is 1.60. The number of carboxylic acid groups (broad SMARTS) is 1. The quantitative estimate of drug-likeness (QED) is 0.853. The topological polar surface area (TPSA) is 62.2 Å². The Hall–Kier alpha value is -1.63. The molecule has 0 aliphatic carbocycles. The summed E-state index contributed by atoms with van der Waals surface area (Å²) in [4.78, 5) is 16.7. The highest BCUT2D eigenvalue weighted by Gasteiger charge is 2.36. The molecule has 2 aliphatic heterocycles. The van der Waals surface area contributed by atoms with Gasteiger partial charge in [0.15, 0.2) is 0 Å². The number of hydrogen-bond acceptors (Lipinski definition) is 5. The van der Waals surface area contributed by atoms with E-state index in [2.05, 4.69) is 23.6 Å². The first kappa shape index (κ1) is 20.1. The molecule has 0 radical (unpaired) electrons. The van der Waals surface area contributed by atoms with Crippen molar-refractivity contribution < 1.29 is 19.4 Å². The number of ether oxygens (including phenoxy) is 2. The first-order valence-electron chi connectivity index (χ1n) is 9.90. The van der Waals surface area contributed by atoms with Gasteiger partial charge in [-0.15, -0.1) is 0 Å². The van der Waals surface area contributed by atoms with Crippen molar-refractivity contribution in [3.05, 3.63) is 29.3 Å². The van der Waals surface area contributed by atoms with Crippen LogP contribution in [0.25, 0.3) is 0 Å². The summed E-state index contributed by atoms with van der Waals surface area (Å²) < 4.78 is 11.3. The highest BCUT2D eigenvalue weighted by molar-refractivity contribution is 5.77. The number of aryl methyl sites for hydroxylation is 1. The van der Waals surface area contributed by atoms with Crippen LogP contribution in [-0.2, 0) is 9.53 Å². The Labute approximate surface area is 162 Å². The third kappa shape index (κ3) is 4.62. The lowest BCUT2D eigenvalue weighted by atomic mass is 9.96. The number of aliphatic carboxylic acids is 1. The van der Waals surface area contributed by atoms with Crippen LogP contribution in [0.3, 0.4) is 0 Å². The van der Waals surface area contributed by atoms with Crippen LogP contribution in [0.15, 0.2) is 18.2 Å². The molecule has 0 amide bonds. The van der Waals surface area contributed by atoms with Gasteiger partial charge in [-0.3, -0.25) is 14.6 Å². The van der Waals surface area contributed by atoms with Gasteiger partial charge in [-0.25, -0.2) is 0 Å². The van der Waals surface area contributed by atoms with E-state index in [1.165, 1.54) is 0 Å². The SMILES string of the molecule is COc1ccc(C)cc1C(C(=O)O)N1CCC(N2C[C@@H](C)O[C@@H](C)C2)CC1. The van der Waals surface area contributed by atoms with Crippen molar-refractivity contribution in [2.24, 2.45) is 0 Å². The maximum Gasteiger partial charge on any atom is 0.325 e. The van der Waals surface area contributed by atoms with Crippen molar-refractivity contribution in [1.82, 2.24) is 9.80 Å².